The molecule has 0 spiro atoms. The Morgan fingerprint density at radius 3 is 2.31 bits per heavy atom. The van der Waals surface area contributed by atoms with E-state index in [9.17, 15) is 4.79 Å². The number of hydrogen-bond donors (Lipinski definition) is 2. The zero-order valence-corrected chi connectivity index (χ0v) is 10.6. The molecule has 0 saturated carbocycles. The Morgan fingerprint density at radius 1 is 1.38 bits per heavy atom. The fraction of sp³-hybridized carbons (Fsp3) is 0.833. The summed E-state index contributed by atoms with van der Waals surface area (Å²) in [7, 11) is 0. The fourth-order valence-corrected chi connectivity index (χ4v) is 2.97. The summed E-state index contributed by atoms with van der Waals surface area (Å²) in [5.41, 5.74) is 0.290. The van der Waals surface area contributed by atoms with E-state index in [1.165, 1.54) is 0 Å². The topological polar surface area (TPSA) is 69.5 Å². The zero-order chi connectivity index (χ0) is 12.4. The normalized spacial score (nSPS) is 23.4. The summed E-state index contributed by atoms with van der Waals surface area (Å²) in [6.07, 6.45) is 1.86. The molecule has 0 aromatic rings. The third-order valence-electron chi connectivity index (χ3n) is 2.93. The van der Waals surface area contributed by atoms with Gasteiger partial charge in [-0.3, -0.25) is 4.79 Å². The Kier molecular flexibility index (Phi) is 3.59. The lowest BCUT2D eigenvalue weighted by molar-refractivity contribution is -0.787. The van der Waals surface area contributed by atoms with Crippen molar-refractivity contribution in [2.24, 2.45) is 0 Å². The molecule has 3 N–H and O–H groups in total. The Balaban J connectivity index is 2.61. The number of rotatable bonds is 2. The Bertz CT molecular complexity index is 299. The van der Waals surface area contributed by atoms with Gasteiger partial charge in [-0.05, 0) is 27.7 Å². The van der Waals surface area contributed by atoms with Gasteiger partial charge >= 0.3 is 0 Å². The summed E-state index contributed by atoms with van der Waals surface area (Å²) in [5, 5.41) is 13.8. The highest BCUT2D eigenvalue weighted by Gasteiger charge is 2.41. The van der Waals surface area contributed by atoms with E-state index in [-0.39, 0.29) is 29.4 Å². The van der Waals surface area contributed by atoms with Crippen LogP contribution < -0.4 is 10.6 Å². The van der Waals surface area contributed by atoms with Crippen molar-refractivity contribution in [1.82, 2.24) is 5.32 Å². The SMILES string of the molecule is CC1(C)CC(NC(=O)CC#N)CC(C)(C)[NH2+]1. The average molecular weight is 224 g/mol. The molecule has 0 aliphatic carbocycles. The number of nitriles is 1. The summed E-state index contributed by atoms with van der Waals surface area (Å²) in [5.74, 6) is -0.152. The maximum absolute atomic E-state index is 11.4. The fourth-order valence-electron chi connectivity index (χ4n) is 2.97. The minimum absolute atomic E-state index is 0.0406. The summed E-state index contributed by atoms with van der Waals surface area (Å²) >= 11 is 0. The summed E-state index contributed by atoms with van der Waals surface area (Å²) in [4.78, 5) is 11.4. The number of amides is 1. The first-order valence-corrected chi connectivity index (χ1v) is 5.77. The quantitative estimate of drug-likeness (QED) is 0.708. The van der Waals surface area contributed by atoms with Crippen LogP contribution in [0.4, 0.5) is 0 Å². The molecule has 0 unspecified atom stereocenters. The molecule has 0 bridgehead atoms. The van der Waals surface area contributed by atoms with Crippen LogP contribution in [0.15, 0.2) is 0 Å². The van der Waals surface area contributed by atoms with Crippen LogP contribution in [0.25, 0.3) is 0 Å². The van der Waals surface area contributed by atoms with E-state index in [2.05, 4.69) is 38.3 Å². The second-order valence-corrected chi connectivity index (χ2v) is 6.13. The predicted octanol–water partition coefficient (Wildman–Crippen LogP) is 0.299. The van der Waals surface area contributed by atoms with Crippen molar-refractivity contribution >= 4 is 5.91 Å². The molecule has 0 aromatic heterocycles. The number of carbonyl (C=O) groups is 1. The molecule has 90 valence electrons. The number of nitrogens with one attached hydrogen (secondary N) is 1. The van der Waals surface area contributed by atoms with E-state index in [4.69, 9.17) is 5.26 Å². The van der Waals surface area contributed by atoms with E-state index < -0.39 is 0 Å². The van der Waals surface area contributed by atoms with Gasteiger partial charge in [0.1, 0.15) is 6.42 Å². The summed E-state index contributed by atoms with van der Waals surface area (Å²) in [6.45, 7) is 8.77. The van der Waals surface area contributed by atoms with Crippen molar-refractivity contribution in [2.75, 3.05) is 0 Å². The molecule has 0 atom stereocenters. The highest BCUT2D eigenvalue weighted by Crippen LogP contribution is 2.21. The van der Waals surface area contributed by atoms with Crippen LogP contribution in [0.3, 0.4) is 0 Å². The third-order valence-corrected chi connectivity index (χ3v) is 2.93. The Labute approximate surface area is 97.4 Å². The number of hydrogen-bond acceptors (Lipinski definition) is 2. The molecule has 1 saturated heterocycles. The maximum atomic E-state index is 11.4. The first kappa shape index (κ1) is 13.0. The molecule has 1 fully saturated rings. The van der Waals surface area contributed by atoms with Crippen LogP contribution in [-0.2, 0) is 4.79 Å². The van der Waals surface area contributed by atoms with Gasteiger partial charge in [0.05, 0.1) is 17.1 Å². The van der Waals surface area contributed by atoms with E-state index in [0.717, 1.165) is 12.8 Å². The van der Waals surface area contributed by atoms with Gasteiger partial charge in [0.25, 0.3) is 0 Å². The molecule has 1 rings (SSSR count). The number of nitrogens with zero attached hydrogens (tertiary/aromatic N) is 1. The number of piperidine rings is 1. The number of carbonyl (C=O) groups excluding carboxylic acids is 1. The van der Waals surface area contributed by atoms with E-state index in [0.29, 0.717) is 0 Å². The second-order valence-electron chi connectivity index (χ2n) is 6.13. The van der Waals surface area contributed by atoms with Crippen LogP contribution in [-0.4, -0.2) is 23.0 Å². The molecule has 16 heavy (non-hydrogen) atoms. The van der Waals surface area contributed by atoms with Gasteiger partial charge in [-0.25, -0.2) is 0 Å². The van der Waals surface area contributed by atoms with Crippen LogP contribution in [0.5, 0.6) is 0 Å². The first-order chi connectivity index (χ1) is 7.24. The first-order valence-electron chi connectivity index (χ1n) is 5.77. The molecular formula is C12H22N3O+. The lowest BCUT2D eigenvalue weighted by Gasteiger charge is -2.43. The monoisotopic (exact) mass is 224 g/mol. The predicted molar refractivity (Wildman–Crippen MR) is 61.5 cm³/mol. The van der Waals surface area contributed by atoms with Crippen molar-refractivity contribution in [1.29, 1.82) is 5.26 Å². The highest BCUT2D eigenvalue weighted by molar-refractivity contribution is 5.78. The van der Waals surface area contributed by atoms with Crippen molar-refractivity contribution in [3.8, 4) is 6.07 Å². The van der Waals surface area contributed by atoms with Gasteiger partial charge in [-0.15, -0.1) is 0 Å². The summed E-state index contributed by atoms with van der Waals surface area (Å²) < 4.78 is 0. The standard InChI is InChI=1S/C12H21N3O/c1-11(2)7-9(8-12(3,4)15-11)14-10(16)5-6-13/h9,15H,5,7-8H2,1-4H3,(H,14,16)/p+1. The highest BCUT2D eigenvalue weighted by atomic mass is 16.1. The van der Waals surface area contributed by atoms with E-state index in [1.54, 1.807) is 0 Å². The van der Waals surface area contributed by atoms with Gasteiger partial charge in [0.15, 0.2) is 0 Å². The van der Waals surface area contributed by atoms with Crippen molar-refractivity contribution in [2.45, 2.75) is 64.1 Å². The van der Waals surface area contributed by atoms with Gasteiger partial charge in [0, 0.05) is 18.9 Å². The molecule has 1 aliphatic heterocycles. The minimum Gasteiger partial charge on any atom is -0.352 e. The Hall–Kier alpha value is -1.08. The Morgan fingerprint density at radius 2 is 1.88 bits per heavy atom. The zero-order valence-electron chi connectivity index (χ0n) is 10.6. The van der Waals surface area contributed by atoms with Crippen LogP contribution in [0.2, 0.25) is 0 Å². The number of quaternary nitrogens is 1. The molecule has 1 amide bonds. The molecule has 1 aliphatic rings. The van der Waals surface area contributed by atoms with Crippen molar-refractivity contribution in [3.63, 3.8) is 0 Å². The molecular weight excluding hydrogens is 202 g/mol. The van der Waals surface area contributed by atoms with Gasteiger partial charge in [-0.1, -0.05) is 0 Å². The third kappa shape index (κ3) is 3.82. The minimum atomic E-state index is -0.152. The lowest BCUT2D eigenvalue weighted by Crippen LogP contribution is -3.06. The molecule has 0 aromatic carbocycles. The van der Waals surface area contributed by atoms with Gasteiger partial charge in [-0.2, -0.15) is 5.26 Å². The molecule has 0 radical (unpaired) electrons. The van der Waals surface area contributed by atoms with Gasteiger partial charge < -0.3 is 10.6 Å². The molecule has 4 nitrogen and oxygen atoms in total. The van der Waals surface area contributed by atoms with Crippen molar-refractivity contribution in [3.05, 3.63) is 0 Å². The van der Waals surface area contributed by atoms with E-state index >= 15 is 0 Å². The maximum Gasteiger partial charge on any atom is 0.234 e. The van der Waals surface area contributed by atoms with Crippen LogP contribution >= 0.6 is 0 Å². The summed E-state index contributed by atoms with van der Waals surface area (Å²) in [6, 6.07) is 2.07. The van der Waals surface area contributed by atoms with Crippen LogP contribution in [0, 0.1) is 11.3 Å². The molecule has 4 heteroatoms. The smallest absolute Gasteiger partial charge is 0.234 e. The van der Waals surface area contributed by atoms with Crippen molar-refractivity contribution < 1.29 is 10.1 Å². The second kappa shape index (κ2) is 4.42. The molecule has 1 heterocycles. The van der Waals surface area contributed by atoms with E-state index in [1.807, 2.05) is 6.07 Å². The average Bonchev–Trinajstić information content (AvgIpc) is 1.96. The largest absolute Gasteiger partial charge is 0.352 e. The number of nitrogens with two attached hydrogens (primary N) is 1. The van der Waals surface area contributed by atoms with Crippen LogP contribution in [0.1, 0.15) is 47.0 Å². The lowest BCUT2D eigenvalue weighted by atomic mass is 9.79. The van der Waals surface area contributed by atoms with Gasteiger partial charge in [0.2, 0.25) is 5.91 Å².